The van der Waals surface area contributed by atoms with Crippen LogP contribution in [0.5, 0.6) is 0 Å². The van der Waals surface area contributed by atoms with Crippen LogP contribution in [0.25, 0.3) is 5.78 Å². The summed E-state index contributed by atoms with van der Waals surface area (Å²) in [7, 11) is 0. The van der Waals surface area contributed by atoms with E-state index >= 15 is 0 Å². The van der Waals surface area contributed by atoms with Crippen molar-refractivity contribution in [2.45, 2.75) is 25.6 Å². The maximum atomic E-state index is 12.8. The predicted molar refractivity (Wildman–Crippen MR) is 73.9 cm³/mol. The lowest BCUT2D eigenvalue weighted by Gasteiger charge is -2.36. The second-order valence-corrected chi connectivity index (χ2v) is 5.65. The van der Waals surface area contributed by atoms with E-state index in [9.17, 15) is 23.4 Å². The number of nitrogens with zero attached hydrogens (tertiary/aromatic N) is 5. The standard InChI is InChI=1S/C13H16F3N5O2/c1-7-4-10(20-3-2-8(6-22)9(23)5-20)21-12(17-7)18-11(19-21)13(14,15)16/h4,8-9,22-23H,2-3,5-6H2,1H3. The Hall–Kier alpha value is -1.94. The van der Waals surface area contributed by atoms with Crippen molar-refractivity contribution in [1.29, 1.82) is 0 Å². The first-order valence-corrected chi connectivity index (χ1v) is 7.15. The third kappa shape index (κ3) is 2.95. The van der Waals surface area contributed by atoms with Crippen LogP contribution in [0.2, 0.25) is 0 Å². The number of halogens is 3. The van der Waals surface area contributed by atoms with Gasteiger partial charge in [0.05, 0.1) is 6.10 Å². The monoisotopic (exact) mass is 331 g/mol. The first-order valence-electron chi connectivity index (χ1n) is 7.15. The molecule has 0 saturated carbocycles. The van der Waals surface area contributed by atoms with Gasteiger partial charge >= 0.3 is 6.18 Å². The second-order valence-electron chi connectivity index (χ2n) is 5.65. The summed E-state index contributed by atoms with van der Waals surface area (Å²) in [5, 5.41) is 22.7. The van der Waals surface area contributed by atoms with Crippen molar-refractivity contribution in [3.63, 3.8) is 0 Å². The highest BCUT2D eigenvalue weighted by atomic mass is 19.4. The zero-order chi connectivity index (χ0) is 16.8. The average Bonchev–Trinajstić information content (AvgIpc) is 2.90. The minimum absolute atomic E-state index is 0.124. The zero-order valence-electron chi connectivity index (χ0n) is 12.3. The minimum atomic E-state index is -4.65. The number of aliphatic hydroxyl groups excluding tert-OH is 2. The van der Waals surface area contributed by atoms with Gasteiger partial charge in [-0.15, -0.1) is 5.10 Å². The van der Waals surface area contributed by atoms with Gasteiger partial charge in [-0.3, -0.25) is 0 Å². The highest BCUT2D eigenvalue weighted by Crippen LogP contribution is 2.29. The second kappa shape index (κ2) is 5.60. The lowest BCUT2D eigenvalue weighted by Crippen LogP contribution is -2.45. The number of alkyl halides is 3. The van der Waals surface area contributed by atoms with E-state index in [2.05, 4.69) is 15.1 Å². The lowest BCUT2D eigenvalue weighted by molar-refractivity contribution is -0.144. The van der Waals surface area contributed by atoms with Crippen molar-refractivity contribution in [3.8, 4) is 0 Å². The molecule has 0 aliphatic carbocycles. The van der Waals surface area contributed by atoms with Crippen LogP contribution in [0.1, 0.15) is 17.9 Å². The van der Waals surface area contributed by atoms with E-state index in [0.717, 1.165) is 4.52 Å². The van der Waals surface area contributed by atoms with E-state index in [0.29, 0.717) is 24.5 Å². The summed E-state index contributed by atoms with van der Waals surface area (Å²) >= 11 is 0. The summed E-state index contributed by atoms with van der Waals surface area (Å²) in [6.07, 6.45) is -4.88. The van der Waals surface area contributed by atoms with Gasteiger partial charge in [0.2, 0.25) is 0 Å². The number of piperidine rings is 1. The van der Waals surface area contributed by atoms with Crippen LogP contribution in [0.4, 0.5) is 19.0 Å². The molecule has 1 saturated heterocycles. The van der Waals surface area contributed by atoms with Crippen LogP contribution in [0.3, 0.4) is 0 Å². The molecule has 126 valence electrons. The fourth-order valence-electron chi connectivity index (χ4n) is 2.71. The Morgan fingerprint density at radius 2 is 2.09 bits per heavy atom. The topological polar surface area (TPSA) is 86.8 Å². The Balaban J connectivity index is 2.02. The van der Waals surface area contributed by atoms with Crippen molar-refractivity contribution < 1.29 is 23.4 Å². The molecule has 7 nitrogen and oxygen atoms in total. The highest BCUT2D eigenvalue weighted by Gasteiger charge is 2.37. The van der Waals surface area contributed by atoms with E-state index in [1.165, 1.54) is 0 Å². The summed E-state index contributed by atoms with van der Waals surface area (Å²) in [4.78, 5) is 9.14. The van der Waals surface area contributed by atoms with Gasteiger partial charge < -0.3 is 15.1 Å². The number of fused-ring (bicyclic) bond motifs is 1. The Kier molecular flexibility index (Phi) is 3.88. The summed E-state index contributed by atoms with van der Waals surface area (Å²) in [5.74, 6) is -1.22. The van der Waals surface area contributed by atoms with Crippen LogP contribution in [-0.4, -0.2) is 55.6 Å². The van der Waals surface area contributed by atoms with Crippen molar-refractivity contribution in [2.24, 2.45) is 5.92 Å². The molecule has 2 aromatic heterocycles. The van der Waals surface area contributed by atoms with Gasteiger partial charge in [0.25, 0.3) is 11.6 Å². The highest BCUT2D eigenvalue weighted by molar-refractivity contribution is 5.48. The third-order valence-electron chi connectivity index (χ3n) is 3.95. The van der Waals surface area contributed by atoms with Gasteiger partial charge in [-0.05, 0) is 13.3 Å². The molecule has 1 fully saturated rings. The number of β-amino-alcohol motifs (C(OH)–C–C–N with tert-alkyl or cyclic N) is 1. The SMILES string of the molecule is Cc1cc(N2CCC(CO)C(O)C2)n2nc(C(F)(F)F)nc2n1. The molecule has 2 atom stereocenters. The molecule has 0 radical (unpaired) electrons. The maximum absolute atomic E-state index is 12.8. The molecule has 0 bridgehead atoms. The van der Waals surface area contributed by atoms with Crippen LogP contribution < -0.4 is 4.90 Å². The molecule has 3 heterocycles. The number of hydrogen-bond acceptors (Lipinski definition) is 6. The number of aryl methyl sites for hydroxylation is 1. The molecule has 23 heavy (non-hydrogen) atoms. The Morgan fingerprint density at radius 1 is 1.35 bits per heavy atom. The quantitative estimate of drug-likeness (QED) is 0.839. The van der Waals surface area contributed by atoms with Crippen LogP contribution in [-0.2, 0) is 6.18 Å². The van der Waals surface area contributed by atoms with Crippen molar-refractivity contribution in [2.75, 3.05) is 24.6 Å². The number of hydrogen-bond donors (Lipinski definition) is 2. The zero-order valence-corrected chi connectivity index (χ0v) is 12.3. The van der Waals surface area contributed by atoms with Crippen LogP contribution >= 0.6 is 0 Å². The molecule has 3 rings (SSSR count). The Labute approximate surface area is 129 Å². The van der Waals surface area contributed by atoms with Gasteiger partial charge in [0.15, 0.2) is 0 Å². The lowest BCUT2D eigenvalue weighted by atomic mass is 9.95. The molecule has 0 aromatic carbocycles. The van der Waals surface area contributed by atoms with E-state index < -0.39 is 18.1 Å². The summed E-state index contributed by atoms with van der Waals surface area (Å²) in [6, 6.07) is 1.60. The summed E-state index contributed by atoms with van der Waals surface area (Å²) in [5.41, 5.74) is 0.507. The molecule has 2 unspecified atom stereocenters. The maximum Gasteiger partial charge on any atom is 0.453 e. The first-order chi connectivity index (χ1) is 10.8. The molecule has 1 aliphatic heterocycles. The Bertz CT molecular complexity index is 717. The van der Waals surface area contributed by atoms with E-state index in [1.54, 1.807) is 17.9 Å². The van der Waals surface area contributed by atoms with Crippen LogP contribution in [0.15, 0.2) is 6.07 Å². The fraction of sp³-hybridized carbons (Fsp3) is 0.615. The Morgan fingerprint density at radius 3 is 2.70 bits per heavy atom. The van der Waals surface area contributed by atoms with Crippen molar-refractivity contribution in [1.82, 2.24) is 19.6 Å². The van der Waals surface area contributed by atoms with Crippen molar-refractivity contribution >= 4 is 11.6 Å². The van der Waals surface area contributed by atoms with E-state index in [1.807, 2.05) is 0 Å². The number of anilines is 1. The minimum Gasteiger partial charge on any atom is -0.396 e. The number of rotatable bonds is 2. The smallest absolute Gasteiger partial charge is 0.396 e. The molecule has 0 amide bonds. The number of aliphatic hydroxyl groups is 2. The molecule has 1 aliphatic rings. The predicted octanol–water partition coefficient (Wildman–Crippen LogP) is 0.631. The molecular formula is C13H16F3N5O2. The van der Waals surface area contributed by atoms with Crippen molar-refractivity contribution in [3.05, 3.63) is 17.6 Å². The summed E-state index contributed by atoms with van der Waals surface area (Å²) < 4.78 is 39.5. The van der Waals surface area contributed by atoms with E-state index in [-0.39, 0.29) is 24.8 Å². The first kappa shape index (κ1) is 15.9. The molecule has 0 spiro atoms. The van der Waals surface area contributed by atoms with Gasteiger partial charge in [-0.1, -0.05) is 0 Å². The van der Waals surface area contributed by atoms with Crippen LogP contribution in [0, 0.1) is 12.8 Å². The molecule has 2 aromatic rings. The van der Waals surface area contributed by atoms with Gasteiger partial charge in [-0.2, -0.15) is 22.7 Å². The third-order valence-corrected chi connectivity index (χ3v) is 3.95. The van der Waals surface area contributed by atoms with Gasteiger partial charge in [0, 0.05) is 37.4 Å². The number of aromatic nitrogens is 4. The molecule has 2 N–H and O–H groups in total. The molecule has 10 heteroatoms. The van der Waals surface area contributed by atoms with Gasteiger partial charge in [-0.25, -0.2) is 4.98 Å². The fourth-order valence-corrected chi connectivity index (χ4v) is 2.71. The molecular weight excluding hydrogens is 315 g/mol. The normalized spacial score (nSPS) is 22.8. The summed E-state index contributed by atoms with van der Waals surface area (Å²) in [6.45, 7) is 2.22. The average molecular weight is 331 g/mol. The largest absolute Gasteiger partial charge is 0.453 e. The van der Waals surface area contributed by atoms with E-state index in [4.69, 9.17) is 0 Å². The van der Waals surface area contributed by atoms with Gasteiger partial charge in [0.1, 0.15) is 5.82 Å².